The molecule has 7 nitrogen and oxygen atoms in total. The molecule has 2 heterocycles. The summed E-state index contributed by atoms with van der Waals surface area (Å²) < 4.78 is 16.0. The normalized spacial score (nSPS) is 16.4. The smallest absolute Gasteiger partial charge is 0.257 e. The lowest BCUT2D eigenvalue weighted by Gasteiger charge is -2.17. The highest BCUT2D eigenvalue weighted by molar-refractivity contribution is 5.79. The van der Waals surface area contributed by atoms with Crippen molar-refractivity contribution in [3.8, 4) is 23.0 Å². The molecule has 2 aromatic carbocycles. The molecule has 0 N–H and O–H groups in total. The van der Waals surface area contributed by atoms with Gasteiger partial charge in [0.1, 0.15) is 11.5 Å². The second kappa shape index (κ2) is 7.72. The first-order valence-electron chi connectivity index (χ1n) is 9.05. The van der Waals surface area contributed by atoms with Crippen LogP contribution in [-0.2, 0) is 11.3 Å². The third-order valence-electron chi connectivity index (χ3n) is 4.91. The Bertz CT molecular complexity index is 968. The van der Waals surface area contributed by atoms with Gasteiger partial charge in [0.25, 0.3) is 5.89 Å². The maximum Gasteiger partial charge on any atom is 0.257 e. The van der Waals surface area contributed by atoms with Crippen LogP contribution in [0, 0.1) is 0 Å². The Morgan fingerprint density at radius 3 is 2.64 bits per heavy atom. The number of likely N-dealkylation sites (tertiary alicyclic amines) is 1. The summed E-state index contributed by atoms with van der Waals surface area (Å²) in [6.07, 6.45) is 0.372. The van der Waals surface area contributed by atoms with Crippen LogP contribution in [-0.4, -0.2) is 41.7 Å². The molecule has 1 aliphatic heterocycles. The Balaban J connectivity index is 1.47. The molecule has 144 valence electrons. The van der Waals surface area contributed by atoms with Crippen molar-refractivity contribution in [2.75, 3.05) is 20.8 Å². The Morgan fingerprint density at radius 1 is 1.11 bits per heavy atom. The van der Waals surface area contributed by atoms with E-state index in [0.717, 1.165) is 22.6 Å². The van der Waals surface area contributed by atoms with Crippen molar-refractivity contribution < 1.29 is 18.8 Å². The number of carbonyl (C=O) groups excluding carboxylic acids is 1. The molecule has 28 heavy (non-hydrogen) atoms. The Kier molecular flexibility index (Phi) is 4.97. The molecule has 1 saturated heterocycles. The van der Waals surface area contributed by atoms with Gasteiger partial charge in [0, 0.05) is 36.6 Å². The number of benzene rings is 2. The highest BCUT2D eigenvalue weighted by atomic mass is 16.5. The number of hydrogen-bond acceptors (Lipinski definition) is 6. The van der Waals surface area contributed by atoms with Crippen LogP contribution in [0.15, 0.2) is 53.1 Å². The van der Waals surface area contributed by atoms with Crippen molar-refractivity contribution >= 4 is 5.91 Å². The molecule has 1 fully saturated rings. The first-order chi connectivity index (χ1) is 13.7. The molecule has 0 aliphatic carbocycles. The second-order valence-electron chi connectivity index (χ2n) is 6.67. The average molecular weight is 379 g/mol. The average Bonchev–Trinajstić information content (AvgIpc) is 3.36. The fourth-order valence-electron chi connectivity index (χ4n) is 3.39. The van der Waals surface area contributed by atoms with E-state index in [0.29, 0.717) is 31.2 Å². The first kappa shape index (κ1) is 18.0. The quantitative estimate of drug-likeness (QED) is 0.654. The minimum Gasteiger partial charge on any atom is -0.497 e. The number of nitrogens with zero attached hydrogens (tertiary/aromatic N) is 3. The summed E-state index contributed by atoms with van der Waals surface area (Å²) >= 11 is 0. The minimum absolute atomic E-state index is 0.0757. The van der Waals surface area contributed by atoms with Crippen LogP contribution in [0.2, 0.25) is 0 Å². The first-order valence-corrected chi connectivity index (χ1v) is 9.05. The fraction of sp³-hybridized carbons (Fsp3) is 0.286. The minimum atomic E-state index is -0.0852. The largest absolute Gasteiger partial charge is 0.497 e. The molecule has 1 unspecified atom stereocenters. The van der Waals surface area contributed by atoms with Gasteiger partial charge in [-0.05, 0) is 30.3 Å². The molecule has 0 saturated carbocycles. The van der Waals surface area contributed by atoms with E-state index in [4.69, 9.17) is 14.0 Å². The summed E-state index contributed by atoms with van der Waals surface area (Å²) in [5.74, 6) is 2.52. The summed E-state index contributed by atoms with van der Waals surface area (Å²) in [4.78, 5) is 18.8. The number of para-hydroxylation sites is 1. The van der Waals surface area contributed by atoms with E-state index in [1.165, 1.54) is 0 Å². The number of carbonyl (C=O) groups is 1. The third-order valence-corrected chi connectivity index (χ3v) is 4.91. The van der Waals surface area contributed by atoms with Crippen LogP contribution >= 0.6 is 0 Å². The van der Waals surface area contributed by atoms with Crippen molar-refractivity contribution in [1.29, 1.82) is 0 Å². The highest BCUT2D eigenvalue weighted by Crippen LogP contribution is 2.31. The lowest BCUT2D eigenvalue weighted by Crippen LogP contribution is -2.24. The number of ether oxygens (including phenoxy) is 2. The number of methoxy groups -OCH3 is 2. The van der Waals surface area contributed by atoms with Gasteiger partial charge >= 0.3 is 0 Å². The number of amides is 1. The van der Waals surface area contributed by atoms with Crippen LogP contribution in [0.25, 0.3) is 11.5 Å². The number of aromatic nitrogens is 2. The summed E-state index contributed by atoms with van der Waals surface area (Å²) in [6, 6.07) is 15.1. The molecule has 1 atom stereocenters. The van der Waals surface area contributed by atoms with Crippen LogP contribution in [0.5, 0.6) is 11.5 Å². The summed E-state index contributed by atoms with van der Waals surface area (Å²) in [5, 5.41) is 4.11. The number of rotatable bonds is 6. The molecule has 1 aliphatic rings. The monoisotopic (exact) mass is 379 g/mol. The standard InChI is InChI=1S/C21H21N3O4/c1-26-17-9-7-14(8-10-17)21-22-20(23-28-21)16-11-19(25)24(13-16)12-15-5-3-4-6-18(15)27-2/h3-10,16H,11-13H2,1-2H3. The molecule has 4 rings (SSSR count). The lowest BCUT2D eigenvalue weighted by molar-refractivity contribution is -0.128. The molecular formula is C21H21N3O4. The third kappa shape index (κ3) is 3.55. The maximum absolute atomic E-state index is 12.5. The summed E-state index contributed by atoms with van der Waals surface area (Å²) in [6.45, 7) is 1.06. The molecule has 0 spiro atoms. The molecule has 0 bridgehead atoms. The van der Waals surface area contributed by atoms with Crippen LogP contribution < -0.4 is 9.47 Å². The summed E-state index contributed by atoms with van der Waals surface area (Å²) in [5.41, 5.74) is 1.79. The number of hydrogen-bond donors (Lipinski definition) is 0. The van der Waals surface area contributed by atoms with Crippen molar-refractivity contribution in [1.82, 2.24) is 15.0 Å². The second-order valence-corrected chi connectivity index (χ2v) is 6.67. The summed E-state index contributed by atoms with van der Waals surface area (Å²) in [7, 11) is 3.25. The van der Waals surface area contributed by atoms with Crippen LogP contribution in [0.1, 0.15) is 23.7 Å². The van der Waals surface area contributed by atoms with Gasteiger partial charge in [0.05, 0.1) is 14.2 Å². The van der Waals surface area contributed by atoms with Gasteiger partial charge in [-0.25, -0.2) is 0 Å². The van der Waals surface area contributed by atoms with Crippen molar-refractivity contribution in [3.05, 3.63) is 59.9 Å². The zero-order valence-corrected chi connectivity index (χ0v) is 15.8. The van der Waals surface area contributed by atoms with E-state index in [2.05, 4.69) is 10.1 Å². The lowest BCUT2D eigenvalue weighted by atomic mass is 10.1. The van der Waals surface area contributed by atoms with Gasteiger partial charge in [-0.3, -0.25) is 4.79 Å². The fourth-order valence-corrected chi connectivity index (χ4v) is 3.39. The Morgan fingerprint density at radius 2 is 1.89 bits per heavy atom. The molecule has 0 radical (unpaired) electrons. The molecule has 7 heteroatoms. The van der Waals surface area contributed by atoms with Gasteiger partial charge in [0.2, 0.25) is 5.91 Å². The van der Waals surface area contributed by atoms with Gasteiger partial charge in [-0.2, -0.15) is 4.98 Å². The highest BCUT2D eigenvalue weighted by Gasteiger charge is 2.34. The van der Waals surface area contributed by atoms with Gasteiger partial charge in [-0.1, -0.05) is 23.4 Å². The molecule has 1 aromatic heterocycles. The molecular weight excluding hydrogens is 358 g/mol. The van der Waals surface area contributed by atoms with Crippen LogP contribution in [0.4, 0.5) is 0 Å². The zero-order chi connectivity index (χ0) is 19.5. The zero-order valence-electron chi connectivity index (χ0n) is 15.8. The van der Waals surface area contributed by atoms with E-state index in [1.807, 2.05) is 53.4 Å². The van der Waals surface area contributed by atoms with Gasteiger partial charge in [0.15, 0.2) is 5.82 Å². The Labute approximate surface area is 162 Å². The predicted octanol–water partition coefficient (Wildman–Crippen LogP) is 3.27. The SMILES string of the molecule is COc1ccc(-c2nc(C3CC(=O)N(Cc4ccccc4OC)C3)no2)cc1. The van der Waals surface area contributed by atoms with E-state index in [1.54, 1.807) is 14.2 Å². The van der Waals surface area contributed by atoms with E-state index in [9.17, 15) is 4.79 Å². The van der Waals surface area contributed by atoms with Crippen molar-refractivity contribution in [2.45, 2.75) is 18.9 Å². The molecule has 3 aromatic rings. The maximum atomic E-state index is 12.5. The topological polar surface area (TPSA) is 77.7 Å². The van der Waals surface area contributed by atoms with Gasteiger partial charge < -0.3 is 18.9 Å². The van der Waals surface area contributed by atoms with E-state index >= 15 is 0 Å². The van der Waals surface area contributed by atoms with Crippen molar-refractivity contribution in [3.63, 3.8) is 0 Å². The van der Waals surface area contributed by atoms with E-state index in [-0.39, 0.29) is 11.8 Å². The van der Waals surface area contributed by atoms with E-state index < -0.39 is 0 Å². The predicted molar refractivity (Wildman–Crippen MR) is 102 cm³/mol. The van der Waals surface area contributed by atoms with Crippen LogP contribution in [0.3, 0.4) is 0 Å². The Hall–Kier alpha value is -3.35. The van der Waals surface area contributed by atoms with Crippen molar-refractivity contribution in [2.24, 2.45) is 0 Å². The molecule has 1 amide bonds. The van der Waals surface area contributed by atoms with Gasteiger partial charge in [-0.15, -0.1) is 0 Å².